The van der Waals surface area contributed by atoms with Gasteiger partial charge in [-0.25, -0.2) is 0 Å². The lowest BCUT2D eigenvalue weighted by Gasteiger charge is -2.25. The molecule has 0 amide bonds. The van der Waals surface area contributed by atoms with Gasteiger partial charge in [-0.15, -0.1) is 10.2 Å². The van der Waals surface area contributed by atoms with Crippen LogP contribution in [0.3, 0.4) is 0 Å². The van der Waals surface area contributed by atoms with Crippen LogP contribution in [-0.4, -0.2) is 36.4 Å². The Kier molecular flexibility index (Phi) is 4.84. The summed E-state index contributed by atoms with van der Waals surface area (Å²) in [4.78, 5) is 0. The van der Waals surface area contributed by atoms with Crippen molar-refractivity contribution >= 4 is 16.6 Å². The maximum absolute atomic E-state index is 5.66. The van der Waals surface area contributed by atoms with Crippen LogP contribution in [0.4, 0.5) is 5.82 Å². The van der Waals surface area contributed by atoms with E-state index in [4.69, 9.17) is 4.74 Å². The highest BCUT2D eigenvalue weighted by Gasteiger charge is 2.25. The number of benzene rings is 2. The molecular formula is C24H28N4O. The molecule has 0 radical (unpaired) electrons. The number of nitrogens with zero attached hydrogens (tertiary/aromatic N) is 2. The summed E-state index contributed by atoms with van der Waals surface area (Å²) in [6.07, 6.45) is 4.93. The highest BCUT2D eigenvalue weighted by molar-refractivity contribution is 6.01. The molecule has 1 aliphatic carbocycles. The molecule has 2 aromatic carbocycles. The van der Waals surface area contributed by atoms with Crippen LogP contribution in [0.25, 0.3) is 22.0 Å². The Labute approximate surface area is 171 Å². The predicted molar refractivity (Wildman–Crippen MR) is 118 cm³/mol. The van der Waals surface area contributed by atoms with Crippen LogP contribution in [0.2, 0.25) is 0 Å². The molecule has 1 saturated heterocycles. The Bertz CT molecular complexity index is 1040. The van der Waals surface area contributed by atoms with Gasteiger partial charge in [0.1, 0.15) is 11.4 Å². The third-order valence-corrected chi connectivity index (χ3v) is 6.10. The molecular weight excluding hydrogens is 360 g/mol. The van der Waals surface area contributed by atoms with Crippen LogP contribution < -0.4 is 15.4 Å². The van der Waals surface area contributed by atoms with Gasteiger partial charge in [-0.05, 0) is 74.4 Å². The van der Waals surface area contributed by atoms with Gasteiger partial charge in [0.15, 0.2) is 5.82 Å². The average molecular weight is 389 g/mol. The molecule has 5 heteroatoms. The Hall–Kier alpha value is -2.66. The molecule has 3 aromatic rings. The highest BCUT2D eigenvalue weighted by atomic mass is 16.5. The van der Waals surface area contributed by atoms with Crippen molar-refractivity contribution in [1.29, 1.82) is 0 Å². The van der Waals surface area contributed by atoms with Crippen LogP contribution in [0.1, 0.15) is 42.7 Å². The van der Waals surface area contributed by atoms with Crippen molar-refractivity contribution in [3.8, 4) is 17.0 Å². The first-order valence-electron chi connectivity index (χ1n) is 10.7. The van der Waals surface area contributed by atoms with Crippen molar-refractivity contribution in [1.82, 2.24) is 15.5 Å². The lowest BCUT2D eigenvalue weighted by molar-refractivity contribution is 0.416. The minimum atomic E-state index is 0.394. The summed E-state index contributed by atoms with van der Waals surface area (Å²) in [6.45, 7) is 4.14. The zero-order chi connectivity index (χ0) is 19.8. The first-order valence-corrected chi connectivity index (χ1v) is 10.7. The number of ether oxygens (including phenoxy) is 1. The number of fused-ring (bicyclic) bond motifs is 1. The summed E-state index contributed by atoms with van der Waals surface area (Å²) >= 11 is 0. The minimum absolute atomic E-state index is 0.394. The van der Waals surface area contributed by atoms with Gasteiger partial charge in [-0.1, -0.05) is 18.2 Å². The predicted octanol–water partition coefficient (Wildman–Crippen LogP) is 4.66. The Morgan fingerprint density at radius 3 is 2.69 bits per heavy atom. The first-order chi connectivity index (χ1) is 14.2. The molecule has 1 atom stereocenters. The van der Waals surface area contributed by atoms with Crippen molar-refractivity contribution in [2.24, 2.45) is 0 Å². The molecule has 0 bridgehead atoms. The first kappa shape index (κ1) is 18.4. The van der Waals surface area contributed by atoms with E-state index in [0.29, 0.717) is 12.0 Å². The van der Waals surface area contributed by atoms with Gasteiger partial charge in [0.25, 0.3) is 0 Å². The maximum atomic E-state index is 5.66. The Balaban J connectivity index is 1.63. The molecule has 5 nitrogen and oxygen atoms in total. The SMILES string of the molecule is COc1cc(C)ccc1-c1nnc(NC2CCCNC2)c2cc(C3CC3)ccc12. The second-order valence-electron chi connectivity index (χ2n) is 8.37. The molecule has 1 aliphatic heterocycles. The van der Waals surface area contributed by atoms with Gasteiger partial charge < -0.3 is 15.4 Å². The molecule has 5 rings (SSSR count). The van der Waals surface area contributed by atoms with E-state index < -0.39 is 0 Å². The molecule has 2 N–H and O–H groups in total. The van der Waals surface area contributed by atoms with Crippen molar-refractivity contribution in [3.63, 3.8) is 0 Å². The Morgan fingerprint density at radius 1 is 1.03 bits per heavy atom. The highest BCUT2D eigenvalue weighted by Crippen LogP contribution is 2.43. The summed E-state index contributed by atoms with van der Waals surface area (Å²) in [5.74, 6) is 2.43. The van der Waals surface area contributed by atoms with E-state index in [0.717, 1.165) is 53.1 Å². The molecule has 2 fully saturated rings. The maximum Gasteiger partial charge on any atom is 0.156 e. The van der Waals surface area contributed by atoms with Crippen molar-refractivity contribution < 1.29 is 4.74 Å². The molecule has 0 spiro atoms. The fourth-order valence-electron chi connectivity index (χ4n) is 4.31. The largest absolute Gasteiger partial charge is 0.496 e. The third kappa shape index (κ3) is 3.67. The van der Waals surface area contributed by atoms with Crippen molar-refractivity contribution in [2.45, 2.75) is 44.6 Å². The van der Waals surface area contributed by atoms with Crippen LogP contribution in [0.5, 0.6) is 5.75 Å². The molecule has 1 aromatic heterocycles. The van der Waals surface area contributed by atoms with Gasteiger partial charge in [0.05, 0.1) is 7.11 Å². The lowest BCUT2D eigenvalue weighted by Crippen LogP contribution is -2.38. The van der Waals surface area contributed by atoms with Gasteiger partial charge in [0, 0.05) is 28.9 Å². The molecule has 150 valence electrons. The summed E-state index contributed by atoms with van der Waals surface area (Å²) in [6, 6.07) is 13.4. The van der Waals surface area contributed by atoms with Gasteiger partial charge in [-0.3, -0.25) is 0 Å². The van der Waals surface area contributed by atoms with Crippen LogP contribution in [-0.2, 0) is 0 Å². The van der Waals surface area contributed by atoms with E-state index in [1.807, 2.05) is 0 Å². The quantitative estimate of drug-likeness (QED) is 0.666. The fraction of sp³-hybridized carbons (Fsp3) is 0.417. The normalized spacial score (nSPS) is 19.3. The molecule has 1 saturated carbocycles. The van der Waals surface area contributed by atoms with E-state index in [1.165, 1.54) is 30.4 Å². The minimum Gasteiger partial charge on any atom is -0.496 e. The summed E-state index contributed by atoms with van der Waals surface area (Å²) < 4.78 is 5.66. The van der Waals surface area contributed by atoms with Crippen molar-refractivity contribution in [2.75, 3.05) is 25.5 Å². The number of aryl methyl sites for hydroxylation is 1. The molecule has 2 heterocycles. The summed E-state index contributed by atoms with van der Waals surface area (Å²) in [5, 5.41) is 18.7. The lowest BCUT2D eigenvalue weighted by atomic mass is 9.99. The number of aromatic nitrogens is 2. The van der Waals surface area contributed by atoms with E-state index in [1.54, 1.807) is 7.11 Å². The summed E-state index contributed by atoms with van der Waals surface area (Å²) in [5.41, 5.74) is 4.45. The second kappa shape index (κ2) is 7.64. The van der Waals surface area contributed by atoms with E-state index >= 15 is 0 Å². The van der Waals surface area contributed by atoms with E-state index in [-0.39, 0.29) is 0 Å². The molecule has 2 aliphatic rings. The third-order valence-electron chi connectivity index (χ3n) is 6.10. The zero-order valence-electron chi connectivity index (χ0n) is 17.2. The number of piperidine rings is 1. The number of nitrogens with one attached hydrogen (secondary N) is 2. The van der Waals surface area contributed by atoms with E-state index in [9.17, 15) is 0 Å². The second-order valence-corrected chi connectivity index (χ2v) is 8.37. The smallest absolute Gasteiger partial charge is 0.156 e. The number of hydrogen-bond acceptors (Lipinski definition) is 5. The number of anilines is 1. The number of hydrogen-bond donors (Lipinski definition) is 2. The average Bonchev–Trinajstić information content (AvgIpc) is 3.60. The van der Waals surface area contributed by atoms with Gasteiger partial charge in [-0.2, -0.15) is 0 Å². The Morgan fingerprint density at radius 2 is 1.93 bits per heavy atom. The van der Waals surface area contributed by atoms with Gasteiger partial charge >= 0.3 is 0 Å². The standard InChI is InChI=1S/C24H28N4O/c1-15-5-9-20(22(12-15)29-2)23-19-10-8-17(16-6-7-16)13-21(19)24(28-27-23)26-18-4-3-11-25-14-18/h5,8-10,12-13,16,18,25H,3-4,6-7,11,14H2,1-2H3,(H,26,28). The van der Waals surface area contributed by atoms with Crippen LogP contribution >= 0.6 is 0 Å². The fourth-order valence-corrected chi connectivity index (χ4v) is 4.31. The van der Waals surface area contributed by atoms with Crippen molar-refractivity contribution in [3.05, 3.63) is 47.5 Å². The van der Waals surface area contributed by atoms with Gasteiger partial charge in [0.2, 0.25) is 0 Å². The number of rotatable bonds is 5. The topological polar surface area (TPSA) is 59.1 Å². The van der Waals surface area contributed by atoms with E-state index in [2.05, 4.69) is 64.2 Å². The molecule has 1 unspecified atom stereocenters. The zero-order valence-corrected chi connectivity index (χ0v) is 17.2. The van der Waals surface area contributed by atoms with Crippen LogP contribution in [0.15, 0.2) is 36.4 Å². The molecule has 29 heavy (non-hydrogen) atoms. The number of methoxy groups -OCH3 is 1. The van der Waals surface area contributed by atoms with Crippen LogP contribution in [0, 0.1) is 6.92 Å². The summed E-state index contributed by atoms with van der Waals surface area (Å²) in [7, 11) is 1.71. The monoisotopic (exact) mass is 388 g/mol.